The first-order chi connectivity index (χ1) is 6.93. The molecule has 0 aliphatic carbocycles. The zero-order valence-corrected chi connectivity index (χ0v) is 9.26. The molecule has 96 valence electrons. The van der Waals surface area contributed by atoms with Crippen molar-refractivity contribution < 1.29 is 36.0 Å². The summed E-state index contributed by atoms with van der Waals surface area (Å²) in [5.74, 6) is -1.43. The van der Waals surface area contributed by atoms with Crippen LogP contribution in [0.2, 0.25) is 0 Å². The summed E-state index contributed by atoms with van der Waals surface area (Å²) in [4.78, 5) is 8.73. The number of hydrogen-bond donors (Lipinski definition) is 3. The van der Waals surface area contributed by atoms with Gasteiger partial charge in [0.05, 0.1) is 17.1 Å². The third-order valence-electron chi connectivity index (χ3n) is 1.53. The number of aliphatic hydroxyl groups excluding tert-OH is 1. The van der Waals surface area contributed by atoms with E-state index in [1.165, 1.54) is 0 Å². The molecule has 0 fully saturated rings. The van der Waals surface area contributed by atoms with E-state index in [1.54, 1.807) is 0 Å². The Bertz CT molecular complexity index is 450. The Morgan fingerprint density at radius 2 is 1.62 bits per heavy atom. The van der Waals surface area contributed by atoms with E-state index in [0.717, 1.165) is 0 Å². The van der Waals surface area contributed by atoms with Crippen molar-refractivity contribution in [1.29, 1.82) is 0 Å². The maximum atomic E-state index is 10.6. The maximum absolute atomic E-state index is 10.6. The van der Waals surface area contributed by atoms with E-state index < -0.39 is 48.8 Å². The minimum absolute atomic E-state index is 1.15. The van der Waals surface area contributed by atoms with Gasteiger partial charge in [-0.15, -0.1) is 0 Å². The molecule has 16 heavy (non-hydrogen) atoms. The summed E-state index contributed by atoms with van der Waals surface area (Å²) in [5.41, 5.74) is 0. The van der Waals surface area contributed by atoms with Crippen molar-refractivity contribution in [3.8, 4) is 0 Å². The smallest absolute Gasteiger partial charge is 0.314 e. The van der Waals surface area contributed by atoms with Crippen molar-refractivity contribution >= 4 is 20.2 Å². The van der Waals surface area contributed by atoms with Crippen LogP contribution >= 0.6 is 0 Å². The number of nitro groups is 1. The number of aliphatic hydroxyl groups is 1. The van der Waals surface area contributed by atoms with Gasteiger partial charge in [-0.05, 0) is 0 Å². The topological polar surface area (TPSA) is 172 Å². The fraction of sp³-hybridized carbons (Fsp3) is 1.00. The highest BCUT2D eigenvalue weighted by atomic mass is 32.2. The first-order valence-corrected chi connectivity index (χ1v) is 6.77. The van der Waals surface area contributed by atoms with E-state index in [2.05, 4.69) is 0 Å². The van der Waals surface area contributed by atoms with Gasteiger partial charge in [0.15, 0.2) is 0 Å². The highest BCUT2D eigenvalue weighted by molar-refractivity contribution is 7.90. The maximum Gasteiger partial charge on any atom is 0.314 e. The molecule has 0 rings (SSSR count). The first kappa shape index (κ1) is 15.2. The lowest BCUT2D eigenvalue weighted by Crippen LogP contribution is -2.35. The Morgan fingerprint density at radius 3 is 1.88 bits per heavy atom. The first-order valence-electron chi connectivity index (χ1n) is 3.66. The predicted octanol–water partition coefficient (Wildman–Crippen LogP) is -1.88. The van der Waals surface area contributed by atoms with E-state index in [4.69, 9.17) is 14.2 Å². The van der Waals surface area contributed by atoms with Crippen LogP contribution < -0.4 is 0 Å². The van der Waals surface area contributed by atoms with Crippen molar-refractivity contribution in [2.24, 2.45) is 0 Å². The molecule has 0 heterocycles. The second-order valence-electron chi connectivity index (χ2n) is 2.89. The second kappa shape index (κ2) is 5.01. The molecule has 0 radical (unpaired) electrons. The Labute approximate surface area is 90.5 Å². The third kappa shape index (κ3) is 5.92. The van der Waals surface area contributed by atoms with Gasteiger partial charge < -0.3 is 5.11 Å². The van der Waals surface area contributed by atoms with Crippen LogP contribution in [0.25, 0.3) is 0 Å². The molecule has 12 heteroatoms. The summed E-state index contributed by atoms with van der Waals surface area (Å²) in [7, 11) is -9.68. The summed E-state index contributed by atoms with van der Waals surface area (Å²) in [5, 5.41) is 16.5. The van der Waals surface area contributed by atoms with Gasteiger partial charge in [0.25, 0.3) is 20.2 Å². The summed E-state index contributed by atoms with van der Waals surface area (Å²) in [6.07, 6.45) is -3.50. The zero-order valence-electron chi connectivity index (χ0n) is 7.62. The molecule has 0 aromatic heterocycles. The van der Waals surface area contributed by atoms with Gasteiger partial charge in [-0.3, -0.25) is 19.2 Å². The molecule has 0 amide bonds. The molecule has 0 saturated carbocycles. The van der Waals surface area contributed by atoms with E-state index in [9.17, 15) is 26.9 Å². The lowest BCUT2D eigenvalue weighted by atomic mass is 10.3. The third-order valence-corrected chi connectivity index (χ3v) is 3.77. The minimum Gasteiger partial charge on any atom is -0.333 e. The normalized spacial score (nSPS) is 16.7. The minimum atomic E-state index is -4.93. The lowest BCUT2D eigenvalue weighted by molar-refractivity contribution is -0.571. The summed E-state index contributed by atoms with van der Waals surface area (Å²) in [6, 6.07) is 0. The largest absolute Gasteiger partial charge is 0.333 e. The highest BCUT2D eigenvalue weighted by Gasteiger charge is 2.34. The van der Waals surface area contributed by atoms with Crippen LogP contribution in [0.1, 0.15) is 6.42 Å². The standard InChI is InChI=1S/C4H9NO9S2/c6-4(5(7)8)1-3(16(12,13)14)2-15(9,10)11/h3-4,6H,1-2H2,(H,9,10,11)(H,12,13,14). The molecule has 10 nitrogen and oxygen atoms in total. The second-order valence-corrected chi connectivity index (χ2v) is 6.08. The van der Waals surface area contributed by atoms with E-state index in [1.807, 2.05) is 0 Å². The zero-order chi connectivity index (χ0) is 13.1. The van der Waals surface area contributed by atoms with Gasteiger partial charge in [0.2, 0.25) is 0 Å². The lowest BCUT2D eigenvalue weighted by Gasteiger charge is -2.11. The number of hydrogen-bond acceptors (Lipinski definition) is 7. The fourth-order valence-electron chi connectivity index (χ4n) is 0.832. The van der Waals surface area contributed by atoms with Gasteiger partial charge in [0.1, 0.15) is 5.25 Å². The van der Waals surface area contributed by atoms with Crippen LogP contribution in [0.5, 0.6) is 0 Å². The average molecular weight is 279 g/mol. The van der Waals surface area contributed by atoms with Crippen molar-refractivity contribution in [1.82, 2.24) is 0 Å². The quantitative estimate of drug-likeness (QED) is 0.217. The Morgan fingerprint density at radius 1 is 1.19 bits per heavy atom. The molecule has 0 bridgehead atoms. The van der Waals surface area contributed by atoms with Crippen molar-refractivity contribution in [3.63, 3.8) is 0 Å². The van der Waals surface area contributed by atoms with Crippen LogP contribution in [-0.4, -0.2) is 53.2 Å². The van der Waals surface area contributed by atoms with Crippen molar-refractivity contribution in [2.45, 2.75) is 17.9 Å². The molecule has 0 saturated heterocycles. The molecule has 2 atom stereocenters. The van der Waals surface area contributed by atoms with Crippen LogP contribution in [0.15, 0.2) is 0 Å². The monoisotopic (exact) mass is 279 g/mol. The van der Waals surface area contributed by atoms with Crippen LogP contribution in [0, 0.1) is 10.1 Å². The van der Waals surface area contributed by atoms with Crippen molar-refractivity contribution in [2.75, 3.05) is 5.75 Å². The molecule has 2 unspecified atom stereocenters. The van der Waals surface area contributed by atoms with Gasteiger partial charge in [0, 0.05) is 0 Å². The summed E-state index contributed by atoms with van der Waals surface area (Å²) < 4.78 is 58.8. The molecular formula is C4H9NO9S2. The van der Waals surface area contributed by atoms with Crippen LogP contribution in [0.3, 0.4) is 0 Å². The Balaban J connectivity index is 4.93. The van der Waals surface area contributed by atoms with Crippen LogP contribution in [0.4, 0.5) is 0 Å². The van der Waals surface area contributed by atoms with Gasteiger partial charge in [-0.25, -0.2) is 0 Å². The Hall–Kier alpha value is -0.820. The van der Waals surface area contributed by atoms with Gasteiger partial charge in [-0.2, -0.15) is 16.8 Å². The number of nitrogens with zero attached hydrogens (tertiary/aromatic N) is 1. The van der Waals surface area contributed by atoms with Gasteiger partial charge in [-0.1, -0.05) is 0 Å². The summed E-state index contributed by atoms with van der Waals surface area (Å²) in [6.45, 7) is 0. The Kier molecular flexibility index (Phi) is 4.75. The molecule has 0 aliphatic rings. The van der Waals surface area contributed by atoms with E-state index in [0.29, 0.717) is 0 Å². The van der Waals surface area contributed by atoms with Crippen LogP contribution in [-0.2, 0) is 20.2 Å². The molecule has 0 aromatic carbocycles. The van der Waals surface area contributed by atoms with E-state index >= 15 is 0 Å². The molecule has 0 spiro atoms. The molecule has 3 N–H and O–H groups in total. The molecule has 0 aromatic rings. The molecular weight excluding hydrogens is 270 g/mol. The average Bonchev–Trinajstić information content (AvgIpc) is 1.98. The summed E-state index contributed by atoms with van der Waals surface area (Å²) >= 11 is 0. The fourth-order valence-corrected chi connectivity index (χ4v) is 3.06. The molecule has 0 aliphatic heterocycles. The highest BCUT2D eigenvalue weighted by Crippen LogP contribution is 2.10. The number of rotatable bonds is 6. The van der Waals surface area contributed by atoms with Crippen molar-refractivity contribution in [3.05, 3.63) is 10.1 Å². The SMILES string of the molecule is O=[N+]([O-])C(O)CC(CS(=O)(=O)O)S(=O)(=O)O. The van der Waals surface area contributed by atoms with Gasteiger partial charge >= 0.3 is 6.23 Å². The predicted molar refractivity (Wildman–Crippen MR) is 49.4 cm³/mol. The van der Waals surface area contributed by atoms with E-state index in [-0.39, 0.29) is 0 Å².